The van der Waals surface area contributed by atoms with Gasteiger partial charge in [0.15, 0.2) is 0 Å². The van der Waals surface area contributed by atoms with E-state index in [-0.39, 0.29) is 16.8 Å². The van der Waals surface area contributed by atoms with Crippen molar-refractivity contribution in [1.82, 2.24) is 4.90 Å². The Labute approximate surface area is 226 Å². The van der Waals surface area contributed by atoms with Gasteiger partial charge in [0, 0.05) is 13.1 Å². The molecule has 4 aromatic rings. The number of hydrogen-bond acceptors (Lipinski definition) is 6. The van der Waals surface area contributed by atoms with Crippen molar-refractivity contribution < 1.29 is 28.6 Å². The quantitative estimate of drug-likeness (QED) is 0.259. The van der Waals surface area contributed by atoms with Gasteiger partial charge >= 0.3 is 18.0 Å². The maximum absolute atomic E-state index is 13.5. The molecule has 0 heterocycles. The van der Waals surface area contributed by atoms with Gasteiger partial charge in [-0.15, -0.1) is 0 Å². The summed E-state index contributed by atoms with van der Waals surface area (Å²) in [5, 5.41) is 2.80. The van der Waals surface area contributed by atoms with Crippen LogP contribution in [0.25, 0.3) is 0 Å². The van der Waals surface area contributed by atoms with Gasteiger partial charge in [-0.3, -0.25) is 0 Å². The topological polar surface area (TPSA) is 94.2 Å². The monoisotopic (exact) mass is 524 g/mol. The summed E-state index contributed by atoms with van der Waals surface area (Å²) < 4.78 is 15.5. The molecule has 0 spiro atoms. The molecule has 0 unspecified atom stereocenters. The van der Waals surface area contributed by atoms with Crippen LogP contribution in [0.3, 0.4) is 0 Å². The molecule has 2 amide bonds. The van der Waals surface area contributed by atoms with Crippen LogP contribution in [0.5, 0.6) is 11.5 Å². The predicted octanol–water partition coefficient (Wildman–Crippen LogP) is 6.29. The van der Waals surface area contributed by atoms with Gasteiger partial charge in [-0.25, -0.2) is 14.4 Å². The minimum atomic E-state index is -0.695. The molecule has 0 saturated carbocycles. The first-order valence-electron chi connectivity index (χ1n) is 12.2. The van der Waals surface area contributed by atoms with E-state index in [1.54, 1.807) is 4.90 Å². The molecule has 0 aromatic heterocycles. The molecule has 0 aliphatic carbocycles. The molecule has 8 nitrogen and oxygen atoms in total. The molecule has 4 rings (SSSR count). The molecule has 39 heavy (non-hydrogen) atoms. The summed E-state index contributed by atoms with van der Waals surface area (Å²) in [6.07, 6.45) is 0. The molecule has 198 valence electrons. The standard InChI is InChI=1S/C31H28N2O6/c1-37-29(34)24-15-18-28(27(19-24)30(35)38-2)32-31(36)33(20-22-9-5-3-6-10-22)21-23-13-16-26(17-14-23)39-25-11-7-4-8-12-25/h3-19H,20-21H2,1-2H3,(H,32,36). The number of hydrogen-bond donors (Lipinski definition) is 1. The number of urea groups is 1. The first-order chi connectivity index (χ1) is 19.0. The van der Waals surface area contributed by atoms with E-state index >= 15 is 0 Å². The Morgan fingerprint density at radius 3 is 1.85 bits per heavy atom. The van der Waals surface area contributed by atoms with Crippen LogP contribution in [-0.4, -0.2) is 37.1 Å². The van der Waals surface area contributed by atoms with Crippen molar-refractivity contribution in [1.29, 1.82) is 0 Å². The second-order valence-electron chi connectivity index (χ2n) is 8.57. The lowest BCUT2D eigenvalue weighted by Crippen LogP contribution is -2.34. The summed E-state index contributed by atoms with van der Waals surface area (Å²) in [5.74, 6) is 0.107. The van der Waals surface area contributed by atoms with Gasteiger partial charge in [0.1, 0.15) is 11.5 Å². The number of amides is 2. The second kappa shape index (κ2) is 12.9. The highest BCUT2D eigenvalue weighted by molar-refractivity contribution is 6.03. The number of nitrogens with one attached hydrogen (secondary N) is 1. The summed E-state index contributed by atoms with van der Waals surface area (Å²) in [6, 6.07) is 30.4. The molecule has 0 saturated heterocycles. The second-order valence-corrected chi connectivity index (χ2v) is 8.57. The van der Waals surface area contributed by atoms with E-state index in [1.807, 2.05) is 84.9 Å². The normalized spacial score (nSPS) is 10.3. The molecule has 0 aliphatic rings. The predicted molar refractivity (Wildman–Crippen MR) is 147 cm³/mol. The fraction of sp³-hybridized carbons (Fsp3) is 0.129. The zero-order valence-electron chi connectivity index (χ0n) is 21.6. The maximum atomic E-state index is 13.5. The van der Waals surface area contributed by atoms with Crippen molar-refractivity contribution in [2.24, 2.45) is 0 Å². The first kappa shape index (κ1) is 26.9. The molecule has 0 aliphatic heterocycles. The van der Waals surface area contributed by atoms with Gasteiger partial charge in [0.25, 0.3) is 0 Å². The number of rotatable bonds is 9. The lowest BCUT2D eigenvalue weighted by molar-refractivity contribution is 0.0600. The first-order valence-corrected chi connectivity index (χ1v) is 12.2. The van der Waals surface area contributed by atoms with Gasteiger partial charge in [-0.05, 0) is 53.6 Å². The Morgan fingerprint density at radius 2 is 1.23 bits per heavy atom. The van der Waals surface area contributed by atoms with E-state index in [2.05, 4.69) is 5.32 Å². The molecular weight excluding hydrogens is 496 g/mol. The van der Waals surface area contributed by atoms with Crippen molar-refractivity contribution >= 4 is 23.7 Å². The number of nitrogens with zero attached hydrogens (tertiary/aromatic N) is 1. The van der Waals surface area contributed by atoms with Crippen molar-refractivity contribution in [2.45, 2.75) is 13.1 Å². The highest BCUT2D eigenvalue weighted by Gasteiger charge is 2.21. The number of benzene rings is 4. The van der Waals surface area contributed by atoms with Crippen LogP contribution in [0.1, 0.15) is 31.8 Å². The van der Waals surface area contributed by atoms with Crippen molar-refractivity contribution in [3.05, 3.63) is 125 Å². The number of methoxy groups -OCH3 is 2. The number of carbonyl (C=O) groups excluding carboxylic acids is 3. The minimum absolute atomic E-state index is 0.0378. The number of para-hydroxylation sites is 1. The summed E-state index contributed by atoms with van der Waals surface area (Å²) >= 11 is 0. The van der Waals surface area contributed by atoms with Crippen molar-refractivity contribution in [3.63, 3.8) is 0 Å². The fourth-order valence-electron chi connectivity index (χ4n) is 3.88. The number of ether oxygens (including phenoxy) is 3. The zero-order chi connectivity index (χ0) is 27.6. The van der Waals surface area contributed by atoms with E-state index in [0.717, 1.165) is 16.9 Å². The van der Waals surface area contributed by atoms with Crippen molar-refractivity contribution in [2.75, 3.05) is 19.5 Å². The van der Waals surface area contributed by atoms with Crippen LogP contribution in [0, 0.1) is 0 Å². The lowest BCUT2D eigenvalue weighted by Gasteiger charge is -2.24. The average molecular weight is 525 g/mol. The smallest absolute Gasteiger partial charge is 0.340 e. The van der Waals surface area contributed by atoms with E-state index < -0.39 is 18.0 Å². The van der Waals surface area contributed by atoms with Gasteiger partial charge in [0.05, 0.1) is 31.0 Å². The molecule has 0 bridgehead atoms. The van der Waals surface area contributed by atoms with Crippen molar-refractivity contribution in [3.8, 4) is 11.5 Å². The number of anilines is 1. The van der Waals surface area contributed by atoms with Gasteiger partial charge in [0.2, 0.25) is 0 Å². The van der Waals surface area contributed by atoms with Crippen LogP contribution in [0.15, 0.2) is 103 Å². The van der Waals surface area contributed by atoms with Gasteiger partial charge in [-0.2, -0.15) is 0 Å². The maximum Gasteiger partial charge on any atom is 0.340 e. The van der Waals surface area contributed by atoms with Crippen LogP contribution >= 0.6 is 0 Å². The van der Waals surface area contributed by atoms with Gasteiger partial charge < -0.3 is 24.4 Å². The van der Waals surface area contributed by atoms with E-state index in [4.69, 9.17) is 14.2 Å². The summed E-state index contributed by atoms with van der Waals surface area (Å²) in [5.41, 5.74) is 2.23. The zero-order valence-corrected chi connectivity index (χ0v) is 21.6. The number of carbonyl (C=O) groups is 3. The van der Waals surface area contributed by atoms with E-state index in [9.17, 15) is 14.4 Å². The van der Waals surface area contributed by atoms with Crippen LogP contribution in [0.4, 0.5) is 10.5 Å². The molecule has 4 aromatic carbocycles. The Balaban J connectivity index is 1.56. The molecule has 0 fully saturated rings. The lowest BCUT2D eigenvalue weighted by atomic mass is 10.1. The minimum Gasteiger partial charge on any atom is -0.465 e. The third kappa shape index (κ3) is 7.23. The highest BCUT2D eigenvalue weighted by atomic mass is 16.5. The average Bonchev–Trinajstić information content (AvgIpc) is 2.98. The molecular formula is C31H28N2O6. The van der Waals surface area contributed by atoms with Crippen LogP contribution in [0.2, 0.25) is 0 Å². The molecule has 0 atom stereocenters. The largest absolute Gasteiger partial charge is 0.465 e. The van der Waals surface area contributed by atoms with Crippen LogP contribution < -0.4 is 10.1 Å². The van der Waals surface area contributed by atoms with E-state index in [0.29, 0.717) is 18.8 Å². The Kier molecular flexibility index (Phi) is 8.92. The number of esters is 2. The highest BCUT2D eigenvalue weighted by Crippen LogP contribution is 2.24. The van der Waals surface area contributed by atoms with Gasteiger partial charge in [-0.1, -0.05) is 60.7 Å². The SMILES string of the molecule is COC(=O)c1ccc(NC(=O)N(Cc2ccccc2)Cc2ccc(Oc3ccccc3)cc2)c(C(=O)OC)c1. The molecule has 1 N–H and O–H groups in total. The molecule has 0 radical (unpaired) electrons. The fourth-order valence-corrected chi connectivity index (χ4v) is 3.88. The Hall–Kier alpha value is -5.11. The Morgan fingerprint density at radius 1 is 0.667 bits per heavy atom. The Bertz CT molecular complexity index is 1420. The van der Waals surface area contributed by atoms with E-state index in [1.165, 1.54) is 32.4 Å². The van der Waals surface area contributed by atoms with Crippen LogP contribution in [-0.2, 0) is 22.6 Å². The third-order valence-electron chi connectivity index (χ3n) is 5.87. The summed E-state index contributed by atoms with van der Waals surface area (Å²) in [4.78, 5) is 39.6. The summed E-state index contributed by atoms with van der Waals surface area (Å²) in [7, 11) is 2.48. The molecule has 8 heteroatoms. The summed E-state index contributed by atoms with van der Waals surface area (Å²) in [6.45, 7) is 0.614. The third-order valence-corrected chi connectivity index (χ3v) is 5.87.